The average Bonchev–Trinajstić information content (AvgIpc) is 3.15. The van der Waals surface area contributed by atoms with Crippen LogP contribution < -0.4 is 5.32 Å². The molecule has 1 heterocycles. The van der Waals surface area contributed by atoms with Crippen LogP contribution in [0.3, 0.4) is 0 Å². The van der Waals surface area contributed by atoms with Crippen molar-refractivity contribution in [2.24, 2.45) is 0 Å². The summed E-state index contributed by atoms with van der Waals surface area (Å²) >= 11 is 1.69. The van der Waals surface area contributed by atoms with Gasteiger partial charge in [0.2, 0.25) is 0 Å². The van der Waals surface area contributed by atoms with E-state index in [1.54, 1.807) is 18.9 Å². The number of benzene rings is 2. The fourth-order valence-electron chi connectivity index (χ4n) is 2.85. The zero-order valence-corrected chi connectivity index (χ0v) is 15.2. The Morgan fingerprint density at radius 1 is 1.24 bits per heavy atom. The third-order valence-corrected chi connectivity index (χ3v) is 5.35. The second-order valence-corrected chi connectivity index (χ2v) is 7.05. The molecule has 1 aliphatic rings. The van der Waals surface area contributed by atoms with E-state index in [-0.39, 0.29) is 5.91 Å². The van der Waals surface area contributed by atoms with E-state index in [1.807, 2.05) is 48.5 Å². The van der Waals surface area contributed by atoms with Crippen LogP contribution in [0, 0.1) is 0 Å². The van der Waals surface area contributed by atoms with Crippen LogP contribution in [0.15, 0.2) is 53.4 Å². The average molecular weight is 357 g/mol. The number of carbonyl (C=O) groups excluding carboxylic acids is 1. The van der Waals surface area contributed by atoms with Gasteiger partial charge in [-0.15, -0.1) is 11.8 Å². The SMILES string of the molecule is COCc1ccccc1NC(=O)c1ccccc1SC[C@H]1CCCO1. The van der Waals surface area contributed by atoms with Crippen LogP contribution in [0.1, 0.15) is 28.8 Å². The number of nitrogens with one attached hydrogen (secondary N) is 1. The Hall–Kier alpha value is -1.82. The van der Waals surface area contributed by atoms with Crippen molar-refractivity contribution in [3.8, 4) is 0 Å². The minimum Gasteiger partial charge on any atom is -0.380 e. The van der Waals surface area contributed by atoms with Gasteiger partial charge in [-0.3, -0.25) is 4.79 Å². The van der Waals surface area contributed by atoms with Crippen molar-refractivity contribution >= 4 is 23.4 Å². The van der Waals surface area contributed by atoms with Gasteiger partial charge in [-0.1, -0.05) is 30.3 Å². The number of ether oxygens (including phenoxy) is 2. The van der Waals surface area contributed by atoms with Crippen molar-refractivity contribution in [1.29, 1.82) is 0 Å². The molecule has 0 aromatic heterocycles. The van der Waals surface area contributed by atoms with Crippen LogP contribution in [-0.2, 0) is 16.1 Å². The van der Waals surface area contributed by atoms with E-state index in [9.17, 15) is 4.79 Å². The molecule has 0 aliphatic carbocycles. The standard InChI is InChI=1S/C20H23NO3S/c1-23-13-15-7-2-4-10-18(15)21-20(22)17-9-3-5-11-19(17)25-14-16-8-6-12-24-16/h2-5,7,9-11,16H,6,8,12-14H2,1H3,(H,21,22)/t16-/m1/s1. The highest BCUT2D eigenvalue weighted by molar-refractivity contribution is 7.99. The largest absolute Gasteiger partial charge is 0.380 e. The molecule has 1 atom stereocenters. The van der Waals surface area contributed by atoms with E-state index in [1.165, 1.54) is 0 Å². The van der Waals surface area contributed by atoms with Crippen molar-refractivity contribution < 1.29 is 14.3 Å². The lowest BCUT2D eigenvalue weighted by molar-refractivity contribution is 0.102. The van der Waals surface area contributed by atoms with Crippen molar-refractivity contribution in [3.63, 3.8) is 0 Å². The van der Waals surface area contributed by atoms with Gasteiger partial charge in [0.15, 0.2) is 0 Å². The van der Waals surface area contributed by atoms with Gasteiger partial charge in [0.1, 0.15) is 0 Å². The maximum absolute atomic E-state index is 12.8. The van der Waals surface area contributed by atoms with Gasteiger partial charge in [0.05, 0.1) is 18.3 Å². The molecule has 1 aliphatic heterocycles. The molecular formula is C20H23NO3S. The predicted octanol–water partition coefficient (Wildman–Crippen LogP) is 4.36. The summed E-state index contributed by atoms with van der Waals surface area (Å²) < 4.78 is 10.9. The molecule has 1 amide bonds. The maximum atomic E-state index is 12.8. The number of carbonyl (C=O) groups is 1. The lowest BCUT2D eigenvalue weighted by Crippen LogP contribution is -2.15. The number of para-hydroxylation sites is 1. The predicted molar refractivity (Wildman–Crippen MR) is 101 cm³/mol. The van der Waals surface area contributed by atoms with Crippen LogP contribution in [0.4, 0.5) is 5.69 Å². The van der Waals surface area contributed by atoms with Crippen molar-refractivity contribution in [2.45, 2.75) is 30.4 Å². The molecule has 0 bridgehead atoms. The van der Waals surface area contributed by atoms with Crippen LogP contribution in [0.2, 0.25) is 0 Å². The van der Waals surface area contributed by atoms with Gasteiger partial charge in [-0.05, 0) is 31.0 Å². The Morgan fingerprint density at radius 3 is 2.84 bits per heavy atom. The number of thioether (sulfide) groups is 1. The number of methoxy groups -OCH3 is 1. The van der Waals surface area contributed by atoms with Crippen molar-refractivity contribution in [2.75, 3.05) is 24.8 Å². The summed E-state index contributed by atoms with van der Waals surface area (Å²) in [6.07, 6.45) is 2.53. The molecule has 0 saturated carbocycles. The molecular weight excluding hydrogens is 334 g/mol. The number of anilines is 1. The van der Waals surface area contributed by atoms with Crippen molar-refractivity contribution in [3.05, 3.63) is 59.7 Å². The van der Waals surface area contributed by atoms with Crippen LogP contribution in [-0.4, -0.2) is 31.5 Å². The minimum atomic E-state index is -0.0982. The molecule has 132 valence electrons. The van der Waals surface area contributed by atoms with E-state index in [0.29, 0.717) is 18.3 Å². The smallest absolute Gasteiger partial charge is 0.256 e. The topological polar surface area (TPSA) is 47.6 Å². The third kappa shape index (κ3) is 4.84. The molecule has 0 spiro atoms. The Bertz CT molecular complexity index is 714. The number of amides is 1. The van der Waals surface area contributed by atoms with E-state index in [2.05, 4.69) is 5.32 Å². The van der Waals surface area contributed by atoms with E-state index in [0.717, 1.165) is 41.3 Å². The highest BCUT2D eigenvalue weighted by Crippen LogP contribution is 2.27. The first-order chi connectivity index (χ1) is 12.3. The van der Waals surface area contributed by atoms with Crippen LogP contribution >= 0.6 is 11.8 Å². The molecule has 0 unspecified atom stereocenters. The normalized spacial score (nSPS) is 16.8. The number of hydrogen-bond donors (Lipinski definition) is 1. The molecule has 1 N–H and O–H groups in total. The van der Waals surface area contributed by atoms with Gasteiger partial charge in [0.25, 0.3) is 5.91 Å². The van der Waals surface area contributed by atoms with Gasteiger partial charge in [0, 0.05) is 35.6 Å². The zero-order valence-electron chi connectivity index (χ0n) is 14.4. The number of hydrogen-bond acceptors (Lipinski definition) is 4. The summed E-state index contributed by atoms with van der Waals surface area (Å²) in [7, 11) is 1.65. The molecule has 0 radical (unpaired) electrons. The second kappa shape index (κ2) is 9.04. The first-order valence-corrected chi connectivity index (χ1v) is 9.48. The monoisotopic (exact) mass is 357 g/mol. The highest BCUT2D eigenvalue weighted by atomic mass is 32.2. The first-order valence-electron chi connectivity index (χ1n) is 8.49. The fourth-order valence-corrected chi connectivity index (χ4v) is 3.97. The fraction of sp³-hybridized carbons (Fsp3) is 0.350. The summed E-state index contributed by atoms with van der Waals surface area (Å²) in [4.78, 5) is 13.8. The van der Waals surface area contributed by atoms with E-state index in [4.69, 9.17) is 9.47 Å². The molecule has 5 heteroatoms. The van der Waals surface area contributed by atoms with Crippen LogP contribution in [0.25, 0.3) is 0 Å². The minimum absolute atomic E-state index is 0.0982. The molecule has 1 saturated heterocycles. The van der Waals surface area contributed by atoms with Crippen molar-refractivity contribution in [1.82, 2.24) is 0 Å². The van der Waals surface area contributed by atoms with Gasteiger partial charge >= 0.3 is 0 Å². The van der Waals surface area contributed by atoms with Gasteiger partial charge in [-0.2, -0.15) is 0 Å². The molecule has 2 aromatic rings. The summed E-state index contributed by atoms with van der Waals surface area (Å²) in [5, 5.41) is 3.02. The molecule has 1 fully saturated rings. The quantitative estimate of drug-likeness (QED) is 0.748. The lowest BCUT2D eigenvalue weighted by Gasteiger charge is -2.14. The lowest BCUT2D eigenvalue weighted by atomic mass is 10.1. The molecule has 2 aromatic carbocycles. The van der Waals surface area contributed by atoms with Crippen LogP contribution in [0.5, 0.6) is 0 Å². The number of rotatable bonds is 7. The van der Waals surface area contributed by atoms with Gasteiger partial charge < -0.3 is 14.8 Å². The molecule has 25 heavy (non-hydrogen) atoms. The second-order valence-electron chi connectivity index (χ2n) is 5.99. The first kappa shape index (κ1) is 18.0. The Labute approximate surface area is 152 Å². The maximum Gasteiger partial charge on any atom is 0.256 e. The zero-order chi connectivity index (χ0) is 17.5. The Morgan fingerprint density at radius 2 is 2.04 bits per heavy atom. The summed E-state index contributed by atoms with van der Waals surface area (Å²) in [5.41, 5.74) is 2.44. The Balaban J connectivity index is 1.71. The Kier molecular flexibility index (Phi) is 6.50. The third-order valence-electron chi connectivity index (χ3n) is 4.15. The molecule has 3 rings (SSSR count). The summed E-state index contributed by atoms with van der Waals surface area (Å²) in [6.45, 7) is 1.31. The summed E-state index contributed by atoms with van der Waals surface area (Å²) in [5.74, 6) is 0.781. The summed E-state index contributed by atoms with van der Waals surface area (Å²) in [6, 6.07) is 15.4. The van der Waals surface area contributed by atoms with E-state index < -0.39 is 0 Å². The van der Waals surface area contributed by atoms with Gasteiger partial charge in [-0.25, -0.2) is 0 Å². The van der Waals surface area contributed by atoms with E-state index >= 15 is 0 Å². The highest BCUT2D eigenvalue weighted by Gasteiger charge is 2.18. The molecule has 4 nitrogen and oxygen atoms in total.